The monoisotopic (exact) mass is 430 g/mol. The van der Waals surface area contributed by atoms with Crippen molar-refractivity contribution in [1.82, 2.24) is 0 Å². The SMILES string of the molecule is Cc1ccc(N2C(=O)CN(c3ccccc3F)C(=O)[C@@H]2c2ccc(C(C)C)cc2)c(C)c1. The molecule has 164 valence electrons. The fourth-order valence-electron chi connectivity index (χ4n) is 4.27. The third kappa shape index (κ3) is 3.91. The number of amides is 2. The average molecular weight is 431 g/mol. The minimum absolute atomic E-state index is 0.120. The Kier molecular flexibility index (Phi) is 5.83. The molecule has 0 N–H and O–H groups in total. The van der Waals surface area contributed by atoms with Gasteiger partial charge in [0.15, 0.2) is 0 Å². The maximum atomic E-state index is 14.6. The van der Waals surface area contributed by atoms with Gasteiger partial charge < -0.3 is 0 Å². The highest BCUT2D eigenvalue weighted by Crippen LogP contribution is 2.37. The number of benzene rings is 3. The van der Waals surface area contributed by atoms with Crippen LogP contribution in [0.2, 0.25) is 0 Å². The molecule has 1 atom stereocenters. The Labute approximate surface area is 188 Å². The Hall–Kier alpha value is -3.47. The lowest BCUT2D eigenvalue weighted by Crippen LogP contribution is -2.56. The Morgan fingerprint density at radius 3 is 2.22 bits per heavy atom. The number of halogens is 1. The van der Waals surface area contributed by atoms with Crippen LogP contribution in [0.1, 0.15) is 48.1 Å². The van der Waals surface area contributed by atoms with Crippen LogP contribution in [0.4, 0.5) is 15.8 Å². The van der Waals surface area contributed by atoms with Crippen molar-refractivity contribution in [2.45, 2.75) is 39.7 Å². The molecule has 0 spiro atoms. The van der Waals surface area contributed by atoms with Gasteiger partial charge in [0.05, 0.1) is 5.69 Å². The van der Waals surface area contributed by atoms with Crippen LogP contribution in [0.3, 0.4) is 0 Å². The number of anilines is 2. The van der Waals surface area contributed by atoms with Gasteiger partial charge >= 0.3 is 0 Å². The quantitative estimate of drug-likeness (QED) is 0.534. The van der Waals surface area contributed by atoms with E-state index in [2.05, 4.69) is 13.8 Å². The highest BCUT2D eigenvalue weighted by Gasteiger charge is 2.42. The second kappa shape index (κ2) is 8.58. The predicted octanol–water partition coefficient (Wildman–Crippen LogP) is 5.69. The van der Waals surface area contributed by atoms with E-state index in [0.29, 0.717) is 17.2 Å². The van der Waals surface area contributed by atoms with Crippen LogP contribution < -0.4 is 9.80 Å². The molecule has 0 bridgehead atoms. The van der Waals surface area contributed by atoms with Gasteiger partial charge in [0.1, 0.15) is 18.4 Å². The molecule has 3 aromatic carbocycles. The first kappa shape index (κ1) is 21.8. The van der Waals surface area contributed by atoms with Crippen LogP contribution in [0, 0.1) is 19.7 Å². The van der Waals surface area contributed by atoms with Crippen LogP contribution in [0.5, 0.6) is 0 Å². The molecule has 1 saturated heterocycles. The molecule has 1 fully saturated rings. The van der Waals surface area contributed by atoms with E-state index in [1.807, 2.05) is 56.3 Å². The lowest BCUT2D eigenvalue weighted by atomic mass is 9.95. The molecule has 4 rings (SSSR count). The van der Waals surface area contributed by atoms with Gasteiger partial charge in [0.2, 0.25) is 5.91 Å². The van der Waals surface area contributed by atoms with E-state index in [9.17, 15) is 14.0 Å². The predicted molar refractivity (Wildman–Crippen MR) is 125 cm³/mol. The number of hydrogen-bond acceptors (Lipinski definition) is 2. The van der Waals surface area contributed by atoms with Crippen molar-refractivity contribution in [3.63, 3.8) is 0 Å². The third-order valence-corrected chi connectivity index (χ3v) is 5.99. The number of hydrogen-bond donors (Lipinski definition) is 0. The third-order valence-electron chi connectivity index (χ3n) is 5.99. The topological polar surface area (TPSA) is 40.6 Å². The lowest BCUT2D eigenvalue weighted by molar-refractivity contribution is -0.128. The van der Waals surface area contributed by atoms with Gasteiger partial charge in [0, 0.05) is 5.69 Å². The minimum Gasteiger partial charge on any atom is -0.298 e. The Morgan fingerprint density at radius 2 is 1.59 bits per heavy atom. The van der Waals surface area contributed by atoms with E-state index in [-0.39, 0.29) is 24.0 Å². The first-order valence-corrected chi connectivity index (χ1v) is 10.8. The first-order valence-electron chi connectivity index (χ1n) is 10.8. The number of rotatable bonds is 4. The van der Waals surface area contributed by atoms with Crippen molar-refractivity contribution in [1.29, 1.82) is 0 Å². The Bertz CT molecular complexity index is 1170. The van der Waals surface area contributed by atoms with Gasteiger partial charge in [-0.3, -0.25) is 19.4 Å². The Balaban J connectivity index is 1.85. The van der Waals surface area contributed by atoms with E-state index in [4.69, 9.17) is 0 Å². The van der Waals surface area contributed by atoms with Gasteiger partial charge in [-0.1, -0.05) is 67.9 Å². The summed E-state index contributed by atoms with van der Waals surface area (Å²) in [6, 6.07) is 18.8. The van der Waals surface area contributed by atoms with Crippen LogP contribution in [-0.4, -0.2) is 18.4 Å². The number of carbonyl (C=O) groups is 2. The molecule has 32 heavy (non-hydrogen) atoms. The van der Waals surface area contributed by atoms with E-state index in [0.717, 1.165) is 16.7 Å². The summed E-state index contributed by atoms with van der Waals surface area (Å²) >= 11 is 0. The highest BCUT2D eigenvalue weighted by atomic mass is 19.1. The molecule has 4 nitrogen and oxygen atoms in total. The number of aryl methyl sites for hydroxylation is 2. The summed E-state index contributed by atoms with van der Waals surface area (Å²) in [6.07, 6.45) is 0. The zero-order chi connectivity index (χ0) is 23.0. The fraction of sp³-hybridized carbons (Fsp3) is 0.259. The fourth-order valence-corrected chi connectivity index (χ4v) is 4.27. The largest absolute Gasteiger partial charge is 0.298 e. The molecule has 0 aromatic heterocycles. The number of piperazine rings is 1. The second-order valence-electron chi connectivity index (χ2n) is 8.65. The van der Waals surface area contributed by atoms with E-state index in [1.165, 1.54) is 17.0 Å². The summed E-state index contributed by atoms with van der Waals surface area (Å²) in [5.41, 5.74) is 4.65. The van der Waals surface area contributed by atoms with E-state index in [1.54, 1.807) is 17.0 Å². The van der Waals surface area contributed by atoms with Crippen LogP contribution >= 0.6 is 0 Å². The van der Waals surface area contributed by atoms with Crippen molar-refractivity contribution in [2.24, 2.45) is 0 Å². The maximum Gasteiger partial charge on any atom is 0.255 e. The summed E-state index contributed by atoms with van der Waals surface area (Å²) in [7, 11) is 0. The molecule has 1 heterocycles. The lowest BCUT2D eigenvalue weighted by Gasteiger charge is -2.41. The second-order valence-corrected chi connectivity index (χ2v) is 8.65. The van der Waals surface area contributed by atoms with Crippen molar-refractivity contribution in [3.8, 4) is 0 Å². The minimum atomic E-state index is -0.876. The molecular formula is C27H27FN2O2. The first-order chi connectivity index (χ1) is 15.3. The van der Waals surface area contributed by atoms with Crippen molar-refractivity contribution in [3.05, 3.63) is 94.8 Å². The molecule has 2 amide bonds. The molecular weight excluding hydrogens is 403 g/mol. The molecule has 1 aliphatic rings. The smallest absolute Gasteiger partial charge is 0.255 e. The molecule has 0 aliphatic carbocycles. The van der Waals surface area contributed by atoms with Gasteiger partial charge in [-0.05, 0) is 54.7 Å². The number of carbonyl (C=O) groups excluding carboxylic acids is 2. The molecule has 0 unspecified atom stereocenters. The Morgan fingerprint density at radius 1 is 0.906 bits per heavy atom. The molecule has 0 radical (unpaired) electrons. The zero-order valence-electron chi connectivity index (χ0n) is 18.8. The molecule has 5 heteroatoms. The summed E-state index contributed by atoms with van der Waals surface area (Å²) in [5.74, 6) is -0.759. The summed E-state index contributed by atoms with van der Waals surface area (Å²) in [5, 5.41) is 0. The van der Waals surface area contributed by atoms with Crippen LogP contribution in [0.15, 0.2) is 66.7 Å². The van der Waals surface area contributed by atoms with E-state index < -0.39 is 11.9 Å². The van der Waals surface area contributed by atoms with Gasteiger partial charge in [-0.2, -0.15) is 0 Å². The van der Waals surface area contributed by atoms with Gasteiger partial charge in [0.25, 0.3) is 5.91 Å². The molecule has 1 aliphatic heterocycles. The molecule has 0 saturated carbocycles. The zero-order valence-corrected chi connectivity index (χ0v) is 18.8. The van der Waals surface area contributed by atoms with Crippen molar-refractivity contribution in [2.75, 3.05) is 16.3 Å². The van der Waals surface area contributed by atoms with Crippen molar-refractivity contribution < 1.29 is 14.0 Å². The van der Waals surface area contributed by atoms with Crippen LogP contribution in [0.25, 0.3) is 0 Å². The van der Waals surface area contributed by atoms with Crippen molar-refractivity contribution >= 4 is 23.2 Å². The normalized spacial score (nSPS) is 16.8. The molecule has 3 aromatic rings. The standard InChI is InChI=1S/C27H27FN2O2/c1-17(2)20-10-12-21(13-11-20)26-27(32)29(24-8-6-5-7-22(24)28)16-25(31)30(26)23-14-9-18(3)15-19(23)4/h5-15,17,26H,16H2,1-4H3/t26-/m0/s1. The maximum absolute atomic E-state index is 14.6. The van der Waals surface area contributed by atoms with Gasteiger partial charge in [-0.25, -0.2) is 4.39 Å². The average Bonchev–Trinajstić information content (AvgIpc) is 2.76. The van der Waals surface area contributed by atoms with E-state index >= 15 is 0 Å². The highest BCUT2D eigenvalue weighted by molar-refractivity contribution is 6.14. The summed E-state index contributed by atoms with van der Waals surface area (Å²) in [4.78, 5) is 30.0. The van der Waals surface area contributed by atoms with Crippen LogP contribution in [-0.2, 0) is 9.59 Å². The summed E-state index contributed by atoms with van der Waals surface area (Å²) in [6.45, 7) is 7.91. The summed E-state index contributed by atoms with van der Waals surface area (Å²) < 4.78 is 14.6. The number of para-hydroxylation sites is 1. The number of nitrogens with zero attached hydrogens (tertiary/aromatic N) is 2. The van der Waals surface area contributed by atoms with Gasteiger partial charge in [-0.15, -0.1) is 0 Å².